The molecular weight excluding hydrogens is 381 g/mol. The molecular formula is C18H13Cl2NO3S. The standard InChI is InChI=1S/C18H13Cl2NO3S/c19-13-5-6-16(24-9-11-3-1-2-4-14(11)20)12(7-13)8-17-21-15(10-25-17)18(22)23/h1-7,10H,8-9H2,(H,22,23). The fourth-order valence-corrected chi connectivity index (χ4v) is 3.43. The van der Waals surface area contributed by atoms with Gasteiger partial charge in [0.05, 0.1) is 5.01 Å². The van der Waals surface area contributed by atoms with E-state index in [1.54, 1.807) is 18.2 Å². The summed E-state index contributed by atoms with van der Waals surface area (Å²) in [5.41, 5.74) is 1.76. The number of aromatic carboxylic acids is 1. The maximum absolute atomic E-state index is 11.0. The zero-order chi connectivity index (χ0) is 17.8. The lowest BCUT2D eigenvalue weighted by atomic mass is 10.1. The summed E-state index contributed by atoms with van der Waals surface area (Å²) in [5.74, 6) is -0.375. The summed E-state index contributed by atoms with van der Waals surface area (Å²) in [5, 5.41) is 12.4. The molecule has 128 valence electrons. The summed E-state index contributed by atoms with van der Waals surface area (Å²) in [6, 6.07) is 12.8. The zero-order valence-electron chi connectivity index (χ0n) is 12.9. The van der Waals surface area contributed by atoms with Gasteiger partial charge < -0.3 is 9.84 Å². The van der Waals surface area contributed by atoms with Crippen molar-refractivity contribution in [1.82, 2.24) is 4.98 Å². The van der Waals surface area contributed by atoms with E-state index in [0.29, 0.717) is 33.8 Å². The molecule has 0 amide bonds. The molecule has 3 rings (SSSR count). The molecule has 0 bridgehead atoms. The van der Waals surface area contributed by atoms with Crippen molar-refractivity contribution < 1.29 is 14.6 Å². The first-order valence-electron chi connectivity index (χ1n) is 7.35. The van der Waals surface area contributed by atoms with E-state index in [1.807, 2.05) is 24.3 Å². The molecule has 2 aromatic carbocycles. The molecule has 0 aliphatic rings. The second-order valence-electron chi connectivity index (χ2n) is 5.24. The van der Waals surface area contributed by atoms with Crippen LogP contribution in [-0.2, 0) is 13.0 Å². The van der Waals surface area contributed by atoms with E-state index in [4.69, 9.17) is 33.0 Å². The number of hydrogen-bond donors (Lipinski definition) is 1. The monoisotopic (exact) mass is 393 g/mol. The first kappa shape index (κ1) is 17.7. The molecule has 25 heavy (non-hydrogen) atoms. The van der Waals surface area contributed by atoms with Crippen LogP contribution in [0, 0.1) is 0 Å². The summed E-state index contributed by atoms with van der Waals surface area (Å²) >= 11 is 13.5. The average Bonchev–Trinajstić information content (AvgIpc) is 3.04. The Bertz CT molecular complexity index is 911. The molecule has 0 saturated heterocycles. The lowest BCUT2D eigenvalue weighted by Gasteiger charge is -2.12. The number of thiazole rings is 1. The van der Waals surface area contributed by atoms with Crippen molar-refractivity contribution in [1.29, 1.82) is 0 Å². The smallest absolute Gasteiger partial charge is 0.355 e. The van der Waals surface area contributed by atoms with Crippen molar-refractivity contribution in [2.75, 3.05) is 0 Å². The molecule has 0 aliphatic heterocycles. The van der Waals surface area contributed by atoms with Gasteiger partial charge in [0, 0.05) is 33.0 Å². The Balaban J connectivity index is 1.80. The van der Waals surface area contributed by atoms with Gasteiger partial charge in [-0.05, 0) is 24.3 Å². The van der Waals surface area contributed by atoms with Crippen LogP contribution in [0.15, 0.2) is 47.8 Å². The van der Waals surface area contributed by atoms with Gasteiger partial charge in [-0.15, -0.1) is 11.3 Å². The molecule has 7 heteroatoms. The number of ether oxygens (including phenoxy) is 1. The number of aromatic nitrogens is 1. The molecule has 1 aromatic heterocycles. The Morgan fingerprint density at radius 1 is 1.16 bits per heavy atom. The number of hydrogen-bond acceptors (Lipinski definition) is 4. The Morgan fingerprint density at radius 2 is 1.96 bits per heavy atom. The molecule has 3 aromatic rings. The van der Waals surface area contributed by atoms with Gasteiger partial charge in [0.2, 0.25) is 0 Å². The molecule has 0 aliphatic carbocycles. The predicted octanol–water partition coefficient (Wildman–Crippen LogP) is 5.32. The largest absolute Gasteiger partial charge is 0.489 e. The number of rotatable bonds is 6. The van der Waals surface area contributed by atoms with E-state index >= 15 is 0 Å². The lowest BCUT2D eigenvalue weighted by molar-refractivity contribution is 0.0691. The maximum atomic E-state index is 11.0. The van der Waals surface area contributed by atoms with Gasteiger partial charge in [-0.1, -0.05) is 41.4 Å². The summed E-state index contributed by atoms with van der Waals surface area (Å²) in [6.45, 7) is 0.326. The number of carbonyl (C=O) groups is 1. The van der Waals surface area contributed by atoms with Gasteiger partial charge in [0.15, 0.2) is 5.69 Å². The third kappa shape index (κ3) is 4.51. The first-order valence-corrected chi connectivity index (χ1v) is 8.99. The van der Waals surface area contributed by atoms with Crippen molar-refractivity contribution in [2.45, 2.75) is 13.0 Å². The van der Waals surface area contributed by atoms with Crippen molar-refractivity contribution in [3.63, 3.8) is 0 Å². The molecule has 0 atom stereocenters. The molecule has 0 fully saturated rings. The van der Waals surface area contributed by atoms with Crippen molar-refractivity contribution in [2.24, 2.45) is 0 Å². The number of nitrogens with zero attached hydrogens (tertiary/aromatic N) is 1. The van der Waals surface area contributed by atoms with Crippen LogP contribution in [0.4, 0.5) is 0 Å². The first-order chi connectivity index (χ1) is 12.0. The number of benzene rings is 2. The minimum absolute atomic E-state index is 0.0422. The van der Waals surface area contributed by atoms with Crippen LogP contribution in [0.5, 0.6) is 5.75 Å². The number of carboxylic acid groups (broad SMARTS) is 1. The molecule has 0 unspecified atom stereocenters. The van der Waals surface area contributed by atoms with Crippen molar-refractivity contribution >= 4 is 40.5 Å². The van der Waals surface area contributed by atoms with E-state index < -0.39 is 5.97 Å². The summed E-state index contributed by atoms with van der Waals surface area (Å²) in [7, 11) is 0. The topological polar surface area (TPSA) is 59.4 Å². The lowest BCUT2D eigenvalue weighted by Crippen LogP contribution is -2.01. The highest BCUT2D eigenvalue weighted by Gasteiger charge is 2.12. The van der Waals surface area contributed by atoms with Crippen LogP contribution in [0.3, 0.4) is 0 Å². The SMILES string of the molecule is O=C(O)c1csc(Cc2cc(Cl)ccc2OCc2ccccc2Cl)n1. The Morgan fingerprint density at radius 3 is 2.68 bits per heavy atom. The normalized spacial score (nSPS) is 10.6. The van der Waals surface area contributed by atoms with E-state index in [2.05, 4.69) is 4.98 Å². The second kappa shape index (κ2) is 7.87. The number of halogens is 2. The Kier molecular flexibility index (Phi) is 5.58. The zero-order valence-corrected chi connectivity index (χ0v) is 15.2. The van der Waals surface area contributed by atoms with Gasteiger partial charge in [-0.2, -0.15) is 0 Å². The van der Waals surface area contributed by atoms with Crippen molar-refractivity contribution in [3.8, 4) is 5.75 Å². The minimum atomic E-state index is -1.04. The fourth-order valence-electron chi connectivity index (χ4n) is 2.25. The highest BCUT2D eigenvalue weighted by atomic mass is 35.5. The Labute approximate surface area is 158 Å². The molecule has 0 radical (unpaired) electrons. The minimum Gasteiger partial charge on any atom is -0.489 e. The molecule has 4 nitrogen and oxygen atoms in total. The Hall–Kier alpha value is -2.08. The third-order valence-electron chi connectivity index (χ3n) is 3.48. The molecule has 1 heterocycles. The quantitative estimate of drug-likeness (QED) is 0.615. The van der Waals surface area contributed by atoms with Crippen LogP contribution in [-0.4, -0.2) is 16.1 Å². The van der Waals surface area contributed by atoms with E-state index in [1.165, 1.54) is 16.7 Å². The van der Waals surface area contributed by atoms with Crippen LogP contribution >= 0.6 is 34.5 Å². The van der Waals surface area contributed by atoms with E-state index in [0.717, 1.165) is 11.1 Å². The van der Waals surface area contributed by atoms with E-state index in [-0.39, 0.29) is 5.69 Å². The van der Waals surface area contributed by atoms with Crippen LogP contribution < -0.4 is 4.74 Å². The summed E-state index contributed by atoms with van der Waals surface area (Å²) < 4.78 is 5.90. The number of carboxylic acids is 1. The molecule has 0 spiro atoms. The van der Waals surface area contributed by atoms with Crippen LogP contribution in [0.25, 0.3) is 0 Å². The van der Waals surface area contributed by atoms with Crippen LogP contribution in [0.2, 0.25) is 10.0 Å². The summed E-state index contributed by atoms with van der Waals surface area (Å²) in [4.78, 5) is 15.1. The average molecular weight is 394 g/mol. The maximum Gasteiger partial charge on any atom is 0.355 e. The van der Waals surface area contributed by atoms with Gasteiger partial charge in [-0.25, -0.2) is 9.78 Å². The summed E-state index contributed by atoms with van der Waals surface area (Å²) in [6.07, 6.45) is 0.441. The van der Waals surface area contributed by atoms with Crippen molar-refractivity contribution in [3.05, 3.63) is 79.7 Å². The second-order valence-corrected chi connectivity index (χ2v) is 7.03. The predicted molar refractivity (Wildman–Crippen MR) is 99.1 cm³/mol. The van der Waals surface area contributed by atoms with Gasteiger partial charge >= 0.3 is 5.97 Å². The highest BCUT2D eigenvalue weighted by Crippen LogP contribution is 2.28. The van der Waals surface area contributed by atoms with Crippen LogP contribution in [0.1, 0.15) is 26.6 Å². The fraction of sp³-hybridized carbons (Fsp3) is 0.111. The van der Waals surface area contributed by atoms with Gasteiger partial charge in [0.25, 0.3) is 0 Å². The highest BCUT2D eigenvalue weighted by molar-refractivity contribution is 7.09. The molecule has 1 N–H and O–H groups in total. The third-order valence-corrected chi connectivity index (χ3v) is 4.93. The molecule has 0 saturated carbocycles. The van der Waals surface area contributed by atoms with Gasteiger partial charge in [0.1, 0.15) is 12.4 Å². The van der Waals surface area contributed by atoms with E-state index in [9.17, 15) is 4.79 Å². The van der Waals surface area contributed by atoms with Gasteiger partial charge in [-0.3, -0.25) is 0 Å².